The van der Waals surface area contributed by atoms with Crippen molar-refractivity contribution in [3.05, 3.63) is 59.5 Å². The topological polar surface area (TPSA) is 36.4 Å². The van der Waals surface area contributed by atoms with Gasteiger partial charge in [-0.15, -0.1) is 0 Å². The lowest BCUT2D eigenvalue weighted by molar-refractivity contribution is 0.218. The van der Waals surface area contributed by atoms with Gasteiger partial charge in [0.1, 0.15) is 11.6 Å². The van der Waals surface area contributed by atoms with Crippen molar-refractivity contribution >= 4 is 11.8 Å². The van der Waals surface area contributed by atoms with Crippen LogP contribution in [0.2, 0.25) is 0 Å². The molecule has 0 spiro atoms. The second-order valence-corrected chi connectivity index (χ2v) is 6.49. The summed E-state index contributed by atoms with van der Waals surface area (Å²) in [5, 5.41) is 0. The van der Waals surface area contributed by atoms with Crippen molar-refractivity contribution in [1.29, 1.82) is 0 Å². The van der Waals surface area contributed by atoms with E-state index >= 15 is 0 Å². The fourth-order valence-corrected chi connectivity index (χ4v) is 3.71. The van der Waals surface area contributed by atoms with Crippen molar-refractivity contribution in [1.82, 2.24) is 9.88 Å². The molecule has 1 aromatic carbocycles. The summed E-state index contributed by atoms with van der Waals surface area (Å²) in [5.41, 5.74) is 1.35. The lowest BCUT2D eigenvalue weighted by atomic mass is 10.1. The molecule has 0 N–H and O–H groups in total. The van der Waals surface area contributed by atoms with Crippen LogP contribution in [0.3, 0.4) is 0 Å². The SMILES string of the molecule is CN1C(=O)N(c2ccc(C#Cc3cccc(F)c3)cn2)[C@@H]2CCC[C@@H]21. The van der Waals surface area contributed by atoms with Crippen molar-refractivity contribution in [2.24, 2.45) is 0 Å². The quantitative estimate of drug-likeness (QED) is 0.749. The molecule has 1 aromatic heterocycles. The van der Waals surface area contributed by atoms with E-state index in [1.807, 2.05) is 24.1 Å². The molecule has 2 amide bonds. The molecule has 2 aliphatic rings. The molecule has 4 rings (SSSR count). The maximum Gasteiger partial charge on any atom is 0.326 e. The molecule has 2 atom stereocenters. The van der Waals surface area contributed by atoms with Gasteiger partial charge in [-0.2, -0.15) is 0 Å². The first-order chi connectivity index (χ1) is 12.1. The molecule has 0 radical (unpaired) electrons. The average molecular weight is 335 g/mol. The molecule has 2 aromatic rings. The van der Waals surface area contributed by atoms with Crippen LogP contribution < -0.4 is 4.90 Å². The number of nitrogens with zero attached hydrogens (tertiary/aromatic N) is 3. The van der Waals surface area contributed by atoms with Crippen LogP contribution >= 0.6 is 0 Å². The zero-order chi connectivity index (χ0) is 17.4. The molecule has 1 aliphatic carbocycles. The van der Waals surface area contributed by atoms with Crippen molar-refractivity contribution in [3.8, 4) is 11.8 Å². The maximum absolute atomic E-state index is 13.2. The van der Waals surface area contributed by atoms with Crippen LogP contribution in [0.5, 0.6) is 0 Å². The summed E-state index contributed by atoms with van der Waals surface area (Å²) >= 11 is 0. The molecular formula is C20H18FN3O. The second kappa shape index (κ2) is 6.21. The first kappa shape index (κ1) is 15.6. The number of hydrogen-bond donors (Lipinski definition) is 0. The molecule has 0 unspecified atom stereocenters. The summed E-state index contributed by atoms with van der Waals surface area (Å²) in [6, 6.07) is 10.4. The Hall–Kier alpha value is -2.87. The lowest BCUT2D eigenvalue weighted by Crippen LogP contribution is -2.34. The third-order valence-electron chi connectivity index (χ3n) is 4.95. The number of likely N-dealkylation sites (N-methyl/N-ethyl adjacent to an activating group) is 1. The van der Waals surface area contributed by atoms with Gasteiger partial charge < -0.3 is 4.90 Å². The van der Waals surface area contributed by atoms with E-state index in [4.69, 9.17) is 0 Å². The third kappa shape index (κ3) is 2.85. The highest BCUT2D eigenvalue weighted by molar-refractivity contribution is 5.94. The number of fused-ring (bicyclic) bond motifs is 1. The Bertz CT molecular complexity index is 869. The highest BCUT2D eigenvalue weighted by atomic mass is 19.1. The molecule has 1 aliphatic heterocycles. The van der Waals surface area contributed by atoms with Gasteiger partial charge in [-0.25, -0.2) is 14.2 Å². The number of anilines is 1. The largest absolute Gasteiger partial charge is 0.326 e. The second-order valence-electron chi connectivity index (χ2n) is 6.49. The summed E-state index contributed by atoms with van der Waals surface area (Å²) in [4.78, 5) is 20.6. The van der Waals surface area contributed by atoms with Gasteiger partial charge in [-0.05, 0) is 49.6 Å². The number of carbonyl (C=O) groups excluding carboxylic acids is 1. The number of carbonyl (C=O) groups is 1. The van der Waals surface area contributed by atoms with E-state index in [0.29, 0.717) is 17.4 Å². The van der Waals surface area contributed by atoms with Crippen LogP contribution in [0.15, 0.2) is 42.6 Å². The number of urea groups is 1. The van der Waals surface area contributed by atoms with Crippen LogP contribution in [-0.2, 0) is 0 Å². The van der Waals surface area contributed by atoms with E-state index in [9.17, 15) is 9.18 Å². The van der Waals surface area contributed by atoms with E-state index in [1.54, 1.807) is 23.2 Å². The number of amides is 2. The van der Waals surface area contributed by atoms with Crippen LogP contribution in [0.4, 0.5) is 15.0 Å². The number of aromatic nitrogens is 1. The molecule has 1 saturated carbocycles. The Morgan fingerprint density at radius 2 is 1.92 bits per heavy atom. The van der Waals surface area contributed by atoms with Crippen molar-refractivity contribution in [2.45, 2.75) is 31.3 Å². The molecule has 2 heterocycles. The van der Waals surface area contributed by atoms with E-state index in [2.05, 4.69) is 16.8 Å². The van der Waals surface area contributed by atoms with Crippen molar-refractivity contribution < 1.29 is 9.18 Å². The van der Waals surface area contributed by atoms with Gasteiger partial charge in [0.25, 0.3) is 0 Å². The molecule has 0 bridgehead atoms. The Balaban J connectivity index is 1.56. The van der Waals surface area contributed by atoms with Crippen molar-refractivity contribution in [2.75, 3.05) is 11.9 Å². The van der Waals surface area contributed by atoms with Gasteiger partial charge >= 0.3 is 6.03 Å². The highest BCUT2D eigenvalue weighted by Crippen LogP contribution is 2.36. The Morgan fingerprint density at radius 3 is 2.68 bits per heavy atom. The summed E-state index contributed by atoms with van der Waals surface area (Å²) in [7, 11) is 1.87. The van der Waals surface area contributed by atoms with Gasteiger partial charge in [0.2, 0.25) is 0 Å². The zero-order valence-corrected chi connectivity index (χ0v) is 13.9. The Kier molecular flexibility index (Phi) is 3.89. The maximum atomic E-state index is 13.2. The highest BCUT2D eigenvalue weighted by Gasteiger charge is 2.47. The molecule has 4 nitrogen and oxygen atoms in total. The number of halogens is 1. The average Bonchev–Trinajstić information content (AvgIpc) is 3.17. The van der Waals surface area contributed by atoms with Gasteiger partial charge in [-0.3, -0.25) is 4.90 Å². The Labute approximate surface area is 146 Å². The molecular weight excluding hydrogens is 317 g/mol. The third-order valence-corrected chi connectivity index (χ3v) is 4.95. The minimum absolute atomic E-state index is 0.0146. The lowest BCUT2D eigenvalue weighted by Gasteiger charge is -2.20. The number of rotatable bonds is 1. The summed E-state index contributed by atoms with van der Waals surface area (Å²) < 4.78 is 13.2. The summed E-state index contributed by atoms with van der Waals surface area (Å²) in [5.74, 6) is 6.27. The molecule has 5 heteroatoms. The summed E-state index contributed by atoms with van der Waals surface area (Å²) in [6.45, 7) is 0. The molecule has 2 fully saturated rings. The Morgan fingerprint density at radius 1 is 1.12 bits per heavy atom. The smallest absolute Gasteiger partial charge is 0.322 e. The fraction of sp³-hybridized carbons (Fsp3) is 0.300. The van der Waals surface area contributed by atoms with E-state index in [-0.39, 0.29) is 17.9 Å². The van der Waals surface area contributed by atoms with Gasteiger partial charge in [-0.1, -0.05) is 17.9 Å². The predicted molar refractivity (Wildman–Crippen MR) is 93.7 cm³/mol. The number of pyridine rings is 1. The van der Waals surface area contributed by atoms with E-state index in [0.717, 1.165) is 24.8 Å². The number of benzene rings is 1. The molecule has 1 saturated heterocycles. The zero-order valence-electron chi connectivity index (χ0n) is 13.9. The molecule has 25 heavy (non-hydrogen) atoms. The minimum atomic E-state index is -0.303. The van der Waals surface area contributed by atoms with Gasteiger partial charge in [0, 0.05) is 24.4 Å². The first-order valence-electron chi connectivity index (χ1n) is 8.43. The van der Waals surface area contributed by atoms with Crippen LogP contribution in [-0.4, -0.2) is 35.0 Å². The van der Waals surface area contributed by atoms with E-state index in [1.165, 1.54) is 12.1 Å². The fourth-order valence-electron chi connectivity index (χ4n) is 3.71. The van der Waals surface area contributed by atoms with E-state index < -0.39 is 0 Å². The standard InChI is InChI=1S/C20H18FN3O/c1-23-17-6-3-7-18(17)24(20(23)25)19-11-10-15(13-22-19)9-8-14-4-2-5-16(21)12-14/h2,4-5,10-13,17-18H,3,6-7H2,1H3/t17-,18+/m0/s1. The minimum Gasteiger partial charge on any atom is -0.322 e. The normalized spacial score (nSPS) is 21.9. The molecule has 126 valence electrons. The van der Waals surface area contributed by atoms with Crippen LogP contribution in [0, 0.1) is 17.7 Å². The first-order valence-corrected chi connectivity index (χ1v) is 8.43. The van der Waals surface area contributed by atoms with Crippen LogP contribution in [0.1, 0.15) is 30.4 Å². The monoisotopic (exact) mass is 335 g/mol. The number of hydrogen-bond acceptors (Lipinski definition) is 2. The predicted octanol–water partition coefficient (Wildman–Crippen LogP) is 3.41. The summed E-state index contributed by atoms with van der Waals surface area (Å²) in [6.07, 6.45) is 4.88. The van der Waals surface area contributed by atoms with Crippen LogP contribution in [0.25, 0.3) is 0 Å². The van der Waals surface area contributed by atoms with Gasteiger partial charge in [0.05, 0.1) is 12.1 Å². The van der Waals surface area contributed by atoms with Gasteiger partial charge in [0.15, 0.2) is 0 Å². The van der Waals surface area contributed by atoms with Crippen molar-refractivity contribution in [3.63, 3.8) is 0 Å².